The quantitative estimate of drug-likeness (QED) is 0.423. The number of nitrogens with one attached hydrogen (secondary N) is 1. The molecule has 0 aliphatic carbocycles. The second-order valence-electron chi connectivity index (χ2n) is 5.79. The summed E-state index contributed by atoms with van der Waals surface area (Å²) in [4.78, 5) is 34.1. The highest BCUT2D eigenvalue weighted by molar-refractivity contribution is 5.90. The fourth-order valence-electron chi connectivity index (χ4n) is 2.17. The van der Waals surface area contributed by atoms with Gasteiger partial charge in [0.25, 0.3) is 11.6 Å². The van der Waals surface area contributed by atoms with Crippen molar-refractivity contribution < 1.29 is 24.0 Å². The second kappa shape index (κ2) is 8.79. The van der Waals surface area contributed by atoms with Gasteiger partial charge in [0.2, 0.25) is 5.69 Å². The lowest BCUT2D eigenvalue weighted by molar-refractivity contribution is -0.384. The third-order valence-electron chi connectivity index (χ3n) is 3.28. The lowest BCUT2D eigenvalue weighted by atomic mass is 10.3. The third-order valence-corrected chi connectivity index (χ3v) is 3.28. The van der Waals surface area contributed by atoms with Crippen molar-refractivity contribution in [3.05, 3.63) is 46.3 Å². The van der Waals surface area contributed by atoms with E-state index in [2.05, 4.69) is 10.4 Å². The molecule has 0 atom stereocenters. The van der Waals surface area contributed by atoms with Crippen LogP contribution in [0.3, 0.4) is 0 Å². The fourth-order valence-corrected chi connectivity index (χ4v) is 2.17. The van der Waals surface area contributed by atoms with E-state index < -0.39 is 10.9 Å². The average Bonchev–Trinajstić information content (AvgIpc) is 3.04. The van der Waals surface area contributed by atoms with Gasteiger partial charge >= 0.3 is 5.97 Å². The molecule has 0 unspecified atom stereocenters. The van der Waals surface area contributed by atoms with Crippen molar-refractivity contribution in [3.63, 3.8) is 0 Å². The number of non-ortho nitro benzene ring substituents is 1. The highest BCUT2D eigenvalue weighted by Gasteiger charge is 2.21. The number of hydrogen-bond acceptors (Lipinski definition) is 7. The zero-order valence-corrected chi connectivity index (χ0v) is 15.2. The summed E-state index contributed by atoms with van der Waals surface area (Å²) in [7, 11) is 0. The molecule has 1 aromatic heterocycles. The number of carbonyl (C=O) groups excluding carboxylic acids is 2. The molecule has 0 aliphatic heterocycles. The van der Waals surface area contributed by atoms with Crippen molar-refractivity contribution in [1.82, 2.24) is 15.1 Å². The Morgan fingerprint density at radius 3 is 2.52 bits per heavy atom. The number of rotatable bonds is 8. The van der Waals surface area contributed by atoms with Crippen LogP contribution in [0.5, 0.6) is 5.75 Å². The molecule has 1 amide bonds. The molecule has 10 heteroatoms. The van der Waals surface area contributed by atoms with Crippen LogP contribution in [-0.2, 0) is 9.53 Å². The maximum atomic E-state index is 12.1. The largest absolute Gasteiger partial charge is 0.480 e. The standard InChI is InChI=1S/C17H20N4O6/c1-4-26-17(23)16-14(27-10-15(22)18-11(2)3)9-20(19-16)12-5-7-13(8-6-12)21(24)25/h5-9,11H,4,10H2,1-3H3,(H,18,22). The summed E-state index contributed by atoms with van der Waals surface area (Å²) in [6.07, 6.45) is 1.41. The summed E-state index contributed by atoms with van der Waals surface area (Å²) in [5.41, 5.74) is 0.318. The second-order valence-corrected chi connectivity index (χ2v) is 5.79. The fraction of sp³-hybridized carbons (Fsp3) is 0.353. The van der Waals surface area contributed by atoms with Gasteiger partial charge in [0.1, 0.15) is 0 Å². The van der Waals surface area contributed by atoms with Crippen LogP contribution in [0.25, 0.3) is 5.69 Å². The molecular weight excluding hydrogens is 356 g/mol. The van der Waals surface area contributed by atoms with Gasteiger partial charge in [0.15, 0.2) is 12.4 Å². The molecule has 1 heterocycles. The number of ether oxygens (including phenoxy) is 2. The van der Waals surface area contributed by atoms with Crippen LogP contribution in [0.1, 0.15) is 31.3 Å². The van der Waals surface area contributed by atoms with Gasteiger partial charge < -0.3 is 14.8 Å². The first-order valence-corrected chi connectivity index (χ1v) is 8.25. The van der Waals surface area contributed by atoms with Crippen molar-refractivity contribution in [2.45, 2.75) is 26.8 Å². The molecule has 0 aliphatic rings. The Labute approximate surface area is 155 Å². The van der Waals surface area contributed by atoms with Crippen LogP contribution in [0, 0.1) is 10.1 Å². The molecule has 10 nitrogen and oxygen atoms in total. The minimum absolute atomic E-state index is 0.0477. The van der Waals surface area contributed by atoms with E-state index in [-0.39, 0.29) is 42.3 Å². The van der Waals surface area contributed by atoms with Crippen molar-refractivity contribution in [2.75, 3.05) is 13.2 Å². The monoisotopic (exact) mass is 376 g/mol. The molecule has 0 fully saturated rings. The zero-order chi connectivity index (χ0) is 20.0. The summed E-state index contributed by atoms with van der Waals surface area (Å²) < 4.78 is 11.7. The van der Waals surface area contributed by atoms with E-state index >= 15 is 0 Å². The van der Waals surface area contributed by atoms with Crippen LogP contribution in [0.4, 0.5) is 5.69 Å². The smallest absolute Gasteiger partial charge is 0.362 e. The van der Waals surface area contributed by atoms with Crippen molar-refractivity contribution >= 4 is 17.6 Å². The highest BCUT2D eigenvalue weighted by atomic mass is 16.6. The minimum Gasteiger partial charge on any atom is -0.480 e. The molecule has 0 bridgehead atoms. The van der Waals surface area contributed by atoms with E-state index in [1.165, 1.54) is 35.1 Å². The molecule has 27 heavy (non-hydrogen) atoms. The SMILES string of the molecule is CCOC(=O)c1nn(-c2ccc([N+](=O)[O-])cc2)cc1OCC(=O)NC(C)C. The summed E-state index contributed by atoms with van der Waals surface area (Å²) in [5.74, 6) is -0.967. The normalized spacial score (nSPS) is 10.5. The highest BCUT2D eigenvalue weighted by Crippen LogP contribution is 2.22. The van der Waals surface area contributed by atoms with Crippen LogP contribution < -0.4 is 10.1 Å². The van der Waals surface area contributed by atoms with Crippen LogP contribution in [0.2, 0.25) is 0 Å². The van der Waals surface area contributed by atoms with E-state index in [4.69, 9.17) is 9.47 Å². The molecular formula is C17H20N4O6. The molecule has 144 valence electrons. The van der Waals surface area contributed by atoms with Gasteiger partial charge in [0.05, 0.1) is 23.4 Å². The summed E-state index contributed by atoms with van der Waals surface area (Å²) in [6.45, 7) is 5.14. The first-order valence-electron chi connectivity index (χ1n) is 8.25. The average molecular weight is 376 g/mol. The Bertz CT molecular complexity index is 828. The van der Waals surface area contributed by atoms with Gasteiger partial charge in [-0.15, -0.1) is 0 Å². The van der Waals surface area contributed by atoms with Crippen LogP contribution in [0.15, 0.2) is 30.5 Å². The molecule has 2 rings (SSSR count). The van der Waals surface area contributed by atoms with E-state index in [1.54, 1.807) is 6.92 Å². The number of amides is 1. The number of benzene rings is 1. The van der Waals surface area contributed by atoms with E-state index in [0.717, 1.165) is 0 Å². The predicted octanol–water partition coefficient (Wildman–Crippen LogP) is 1.86. The lowest BCUT2D eigenvalue weighted by Crippen LogP contribution is -2.34. The predicted molar refractivity (Wildman–Crippen MR) is 94.9 cm³/mol. The lowest BCUT2D eigenvalue weighted by Gasteiger charge is -2.09. The summed E-state index contributed by atoms with van der Waals surface area (Å²) in [6, 6.07) is 5.55. The molecule has 0 saturated heterocycles. The summed E-state index contributed by atoms with van der Waals surface area (Å²) >= 11 is 0. The molecule has 0 saturated carbocycles. The molecule has 1 N–H and O–H groups in total. The zero-order valence-electron chi connectivity index (χ0n) is 15.2. The van der Waals surface area contributed by atoms with E-state index in [0.29, 0.717) is 5.69 Å². The number of hydrogen-bond donors (Lipinski definition) is 1. The Balaban J connectivity index is 2.27. The van der Waals surface area contributed by atoms with Crippen LogP contribution in [-0.4, -0.2) is 45.8 Å². The van der Waals surface area contributed by atoms with Gasteiger partial charge in [-0.3, -0.25) is 14.9 Å². The van der Waals surface area contributed by atoms with Crippen molar-refractivity contribution in [3.8, 4) is 11.4 Å². The van der Waals surface area contributed by atoms with Gasteiger partial charge in [-0.05, 0) is 32.9 Å². The van der Waals surface area contributed by atoms with Gasteiger partial charge in [0, 0.05) is 18.2 Å². The van der Waals surface area contributed by atoms with Crippen molar-refractivity contribution in [2.24, 2.45) is 0 Å². The Morgan fingerprint density at radius 2 is 1.96 bits per heavy atom. The van der Waals surface area contributed by atoms with E-state index in [9.17, 15) is 19.7 Å². The van der Waals surface area contributed by atoms with Crippen molar-refractivity contribution in [1.29, 1.82) is 0 Å². The molecule has 0 spiro atoms. The number of aromatic nitrogens is 2. The summed E-state index contributed by atoms with van der Waals surface area (Å²) in [5, 5.41) is 17.6. The first-order chi connectivity index (χ1) is 12.8. The van der Waals surface area contributed by atoms with Gasteiger partial charge in [-0.25, -0.2) is 9.48 Å². The molecule has 2 aromatic rings. The third kappa shape index (κ3) is 5.27. The molecule has 1 aromatic carbocycles. The number of nitrogens with zero attached hydrogens (tertiary/aromatic N) is 3. The maximum absolute atomic E-state index is 12.1. The maximum Gasteiger partial charge on any atom is 0.362 e. The topological polar surface area (TPSA) is 126 Å². The number of nitro benzene ring substituents is 1. The van der Waals surface area contributed by atoms with Gasteiger partial charge in [-0.2, -0.15) is 5.10 Å². The Hall–Kier alpha value is -3.43. The minimum atomic E-state index is -0.697. The Kier molecular flexibility index (Phi) is 6.47. The first kappa shape index (κ1) is 19.9. The van der Waals surface area contributed by atoms with Gasteiger partial charge in [-0.1, -0.05) is 0 Å². The number of nitro groups is 1. The van der Waals surface area contributed by atoms with E-state index in [1.807, 2.05) is 13.8 Å². The number of esters is 1. The molecule has 0 radical (unpaired) electrons. The number of carbonyl (C=O) groups is 2. The Morgan fingerprint density at radius 1 is 1.30 bits per heavy atom. The van der Waals surface area contributed by atoms with Crippen LogP contribution >= 0.6 is 0 Å².